The summed E-state index contributed by atoms with van der Waals surface area (Å²) in [6.45, 7) is 2.06. The number of hydrogen-bond donors (Lipinski definition) is 1. The number of thiophene rings is 1. The largest absolute Gasteiger partial charge is 0.395 e. The van der Waals surface area contributed by atoms with E-state index in [2.05, 4.69) is 23.7 Å². The average Bonchev–Trinajstić information content (AvgIpc) is 2.67. The normalized spacial score (nSPS) is 9.20. The molecule has 1 rings (SSSR count). The first-order chi connectivity index (χ1) is 7.36. The first-order valence-electron chi connectivity index (χ1n) is 4.69. The van der Waals surface area contributed by atoms with Crippen LogP contribution in [-0.2, 0) is 0 Å². The Labute approximate surface area is 94.5 Å². The van der Waals surface area contributed by atoms with Gasteiger partial charge in [-0.25, -0.2) is 0 Å². The van der Waals surface area contributed by atoms with Gasteiger partial charge in [0.15, 0.2) is 0 Å². The predicted octanol–water partition coefficient (Wildman–Crippen LogP) is 2.41. The molecule has 76 valence electrons. The molecule has 1 aromatic heterocycles. The van der Waals surface area contributed by atoms with Gasteiger partial charge in [0.1, 0.15) is 0 Å². The summed E-state index contributed by atoms with van der Waals surface area (Å²) in [6.07, 6.45) is 4.25. The van der Waals surface area contributed by atoms with Gasteiger partial charge in [-0.2, -0.15) is 0 Å². The fraction of sp³-hybridized carbons (Fsp3) is 0.231. The highest BCUT2D eigenvalue weighted by atomic mass is 32.1. The molecule has 0 fully saturated rings. The Hall–Kier alpha value is -1.48. The highest BCUT2D eigenvalue weighted by Crippen LogP contribution is 2.13. The topological polar surface area (TPSA) is 20.2 Å². The van der Waals surface area contributed by atoms with Crippen molar-refractivity contribution in [2.45, 2.75) is 13.3 Å². The zero-order valence-corrected chi connectivity index (χ0v) is 9.40. The highest BCUT2D eigenvalue weighted by molar-refractivity contribution is 7.13. The van der Waals surface area contributed by atoms with Gasteiger partial charge in [-0.1, -0.05) is 29.8 Å². The lowest BCUT2D eigenvalue weighted by Crippen LogP contribution is -1.75. The Kier molecular flexibility index (Phi) is 5.33. The second kappa shape index (κ2) is 6.90. The van der Waals surface area contributed by atoms with Crippen LogP contribution < -0.4 is 0 Å². The quantitative estimate of drug-likeness (QED) is 0.715. The second-order valence-corrected chi connectivity index (χ2v) is 3.79. The molecular weight excluding hydrogens is 204 g/mol. The Morgan fingerprint density at radius 3 is 2.73 bits per heavy atom. The van der Waals surface area contributed by atoms with E-state index in [1.807, 2.05) is 31.2 Å². The fourth-order valence-corrected chi connectivity index (χ4v) is 1.62. The molecule has 1 aromatic rings. The summed E-state index contributed by atoms with van der Waals surface area (Å²) in [4.78, 5) is 2.01. The minimum atomic E-state index is 0.117. The van der Waals surface area contributed by atoms with Crippen molar-refractivity contribution in [3.05, 3.63) is 34.0 Å². The summed E-state index contributed by atoms with van der Waals surface area (Å²) in [5.41, 5.74) is 0. The maximum Gasteiger partial charge on any atom is 0.0785 e. The summed E-state index contributed by atoms with van der Waals surface area (Å²) in [6, 6.07) is 3.92. The molecule has 0 spiro atoms. The van der Waals surface area contributed by atoms with E-state index in [1.54, 1.807) is 11.3 Å². The van der Waals surface area contributed by atoms with Crippen LogP contribution in [0.4, 0.5) is 0 Å². The minimum Gasteiger partial charge on any atom is -0.395 e. The van der Waals surface area contributed by atoms with Crippen LogP contribution in [0.15, 0.2) is 24.3 Å². The zero-order chi connectivity index (χ0) is 10.9. The summed E-state index contributed by atoms with van der Waals surface area (Å²) in [5, 5.41) is 8.56. The molecule has 2 heteroatoms. The SMILES string of the molecule is C/C=C/C#Cc1ccc(C#CCCO)s1. The van der Waals surface area contributed by atoms with Crippen LogP contribution in [0.2, 0.25) is 0 Å². The highest BCUT2D eigenvalue weighted by Gasteiger charge is 1.92. The number of aliphatic hydroxyl groups is 1. The van der Waals surface area contributed by atoms with Crippen LogP contribution in [0.25, 0.3) is 0 Å². The van der Waals surface area contributed by atoms with Gasteiger partial charge in [0.05, 0.1) is 16.4 Å². The maximum absolute atomic E-state index is 8.56. The summed E-state index contributed by atoms with van der Waals surface area (Å²) in [7, 11) is 0. The van der Waals surface area contributed by atoms with E-state index >= 15 is 0 Å². The first-order valence-corrected chi connectivity index (χ1v) is 5.50. The van der Waals surface area contributed by atoms with Gasteiger partial charge >= 0.3 is 0 Å². The first kappa shape index (κ1) is 11.6. The molecule has 15 heavy (non-hydrogen) atoms. The van der Waals surface area contributed by atoms with Crippen molar-refractivity contribution in [2.75, 3.05) is 6.61 Å². The molecule has 0 amide bonds. The molecule has 0 atom stereocenters. The standard InChI is InChI=1S/C13H12OS/c1-2-3-4-7-12-9-10-13(15-12)8-5-6-11-14/h2-3,9-10,14H,6,11H2,1H3/b3-2+. The van der Waals surface area contributed by atoms with Gasteiger partial charge in [-0.15, -0.1) is 11.3 Å². The molecule has 1 heterocycles. The van der Waals surface area contributed by atoms with Crippen molar-refractivity contribution >= 4 is 11.3 Å². The van der Waals surface area contributed by atoms with Crippen molar-refractivity contribution < 1.29 is 5.11 Å². The van der Waals surface area contributed by atoms with Crippen molar-refractivity contribution in [3.63, 3.8) is 0 Å². The molecular formula is C13H12OS. The van der Waals surface area contributed by atoms with E-state index in [0.717, 1.165) is 9.75 Å². The molecule has 0 saturated carbocycles. The van der Waals surface area contributed by atoms with Gasteiger partial charge in [0, 0.05) is 6.42 Å². The maximum atomic E-state index is 8.56. The Bertz CT molecular complexity index is 446. The van der Waals surface area contributed by atoms with Gasteiger partial charge in [0.2, 0.25) is 0 Å². The third kappa shape index (κ3) is 4.51. The van der Waals surface area contributed by atoms with E-state index in [0.29, 0.717) is 6.42 Å². The molecule has 0 unspecified atom stereocenters. The van der Waals surface area contributed by atoms with Crippen LogP contribution in [-0.4, -0.2) is 11.7 Å². The van der Waals surface area contributed by atoms with Crippen molar-refractivity contribution in [2.24, 2.45) is 0 Å². The Morgan fingerprint density at radius 1 is 1.33 bits per heavy atom. The summed E-state index contributed by atoms with van der Waals surface area (Å²) < 4.78 is 0. The van der Waals surface area contributed by atoms with Gasteiger partial charge < -0.3 is 5.11 Å². The molecule has 1 nitrogen and oxygen atoms in total. The van der Waals surface area contributed by atoms with E-state index < -0.39 is 0 Å². The minimum absolute atomic E-state index is 0.117. The smallest absolute Gasteiger partial charge is 0.0785 e. The second-order valence-electron chi connectivity index (χ2n) is 2.71. The number of rotatable bonds is 1. The molecule has 0 radical (unpaired) electrons. The molecule has 0 saturated heterocycles. The molecule has 1 N–H and O–H groups in total. The number of hydrogen-bond acceptors (Lipinski definition) is 2. The van der Waals surface area contributed by atoms with Crippen molar-refractivity contribution in [3.8, 4) is 23.7 Å². The monoisotopic (exact) mass is 216 g/mol. The Balaban J connectivity index is 2.66. The number of aliphatic hydroxyl groups excluding tert-OH is 1. The third-order valence-corrected chi connectivity index (χ3v) is 2.42. The van der Waals surface area contributed by atoms with Crippen LogP contribution in [0, 0.1) is 23.7 Å². The molecule has 0 aliphatic rings. The fourth-order valence-electron chi connectivity index (χ4n) is 0.874. The van der Waals surface area contributed by atoms with Gasteiger partial charge in [-0.3, -0.25) is 0 Å². The van der Waals surface area contributed by atoms with Crippen molar-refractivity contribution in [1.82, 2.24) is 0 Å². The van der Waals surface area contributed by atoms with Crippen LogP contribution >= 0.6 is 11.3 Å². The van der Waals surface area contributed by atoms with E-state index in [-0.39, 0.29) is 6.61 Å². The van der Waals surface area contributed by atoms with Crippen LogP contribution in [0.1, 0.15) is 23.1 Å². The molecule has 0 bridgehead atoms. The molecule has 0 aromatic carbocycles. The van der Waals surface area contributed by atoms with Gasteiger partial charge in [-0.05, 0) is 25.1 Å². The zero-order valence-electron chi connectivity index (χ0n) is 8.58. The number of allylic oxidation sites excluding steroid dienone is 2. The van der Waals surface area contributed by atoms with E-state index in [1.165, 1.54) is 0 Å². The Morgan fingerprint density at radius 2 is 2.07 bits per heavy atom. The summed E-state index contributed by atoms with van der Waals surface area (Å²) >= 11 is 1.57. The molecule has 0 aliphatic carbocycles. The van der Waals surface area contributed by atoms with E-state index in [9.17, 15) is 0 Å². The molecule has 0 aliphatic heterocycles. The van der Waals surface area contributed by atoms with Crippen molar-refractivity contribution in [1.29, 1.82) is 0 Å². The van der Waals surface area contributed by atoms with Crippen LogP contribution in [0.5, 0.6) is 0 Å². The summed E-state index contributed by atoms with van der Waals surface area (Å²) in [5.74, 6) is 11.8. The predicted molar refractivity (Wildman–Crippen MR) is 64.6 cm³/mol. The lowest BCUT2D eigenvalue weighted by Gasteiger charge is -1.78. The van der Waals surface area contributed by atoms with Gasteiger partial charge in [0.25, 0.3) is 0 Å². The third-order valence-electron chi connectivity index (χ3n) is 1.50. The lowest BCUT2D eigenvalue weighted by atomic mass is 10.4. The lowest BCUT2D eigenvalue weighted by molar-refractivity contribution is 0.305. The average molecular weight is 216 g/mol. The van der Waals surface area contributed by atoms with E-state index in [4.69, 9.17) is 5.11 Å². The van der Waals surface area contributed by atoms with Crippen LogP contribution in [0.3, 0.4) is 0 Å².